The molecule has 116 valence electrons. The third kappa shape index (κ3) is 4.21. The fraction of sp³-hybridized carbons (Fsp3) is 0.588. The summed E-state index contributed by atoms with van der Waals surface area (Å²) in [6, 6.07) is 9.62. The van der Waals surface area contributed by atoms with E-state index >= 15 is 0 Å². The molecule has 4 nitrogen and oxygen atoms in total. The second-order valence-corrected chi connectivity index (χ2v) is 6.94. The van der Waals surface area contributed by atoms with E-state index in [4.69, 9.17) is 4.74 Å². The zero-order valence-electron chi connectivity index (χ0n) is 13.5. The van der Waals surface area contributed by atoms with Crippen LogP contribution in [0.2, 0.25) is 0 Å². The standard InChI is InChI=1S/C17H26N2O2/c1-16(2)13-19(17(3,4)12-18-16)15(20)10-11-21-14-8-6-5-7-9-14/h5-9,18H,10-13H2,1-4H3. The van der Waals surface area contributed by atoms with E-state index in [0.29, 0.717) is 13.0 Å². The minimum Gasteiger partial charge on any atom is -0.493 e. The average molecular weight is 290 g/mol. The van der Waals surface area contributed by atoms with Crippen molar-refractivity contribution in [2.75, 3.05) is 19.7 Å². The van der Waals surface area contributed by atoms with Gasteiger partial charge in [0, 0.05) is 24.2 Å². The van der Waals surface area contributed by atoms with Crippen LogP contribution in [0.15, 0.2) is 30.3 Å². The van der Waals surface area contributed by atoms with Gasteiger partial charge in [-0.2, -0.15) is 0 Å². The van der Waals surface area contributed by atoms with Crippen LogP contribution in [0, 0.1) is 0 Å². The normalized spacial score (nSPS) is 20.1. The van der Waals surface area contributed by atoms with Gasteiger partial charge < -0.3 is 15.0 Å². The molecule has 1 heterocycles. The Bertz CT molecular complexity index is 483. The van der Waals surface area contributed by atoms with Crippen LogP contribution in [0.1, 0.15) is 34.1 Å². The van der Waals surface area contributed by atoms with Gasteiger partial charge in [-0.1, -0.05) is 18.2 Å². The average Bonchev–Trinajstić information content (AvgIpc) is 2.43. The maximum Gasteiger partial charge on any atom is 0.226 e. The molecule has 0 saturated carbocycles. The van der Waals surface area contributed by atoms with Gasteiger partial charge in [0.25, 0.3) is 0 Å². The lowest BCUT2D eigenvalue weighted by Crippen LogP contribution is -2.67. The summed E-state index contributed by atoms with van der Waals surface area (Å²) in [5.41, 5.74) is -0.190. The quantitative estimate of drug-likeness (QED) is 0.926. The monoisotopic (exact) mass is 290 g/mol. The molecule has 1 aliphatic heterocycles. The van der Waals surface area contributed by atoms with E-state index in [1.165, 1.54) is 0 Å². The third-order valence-corrected chi connectivity index (χ3v) is 3.91. The number of ether oxygens (including phenoxy) is 1. The molecule has 2 rings (SSSR count). The highest BCUT2D eigenvalue weighted by atomic mass is 16.5. The van der Waals surface area contributed by atoms with Gasteiger partial charge >= 0.3 is 0 Å². The number of amides is 1. The summed E-state index contributed by atoms with van der Waals surface area (Å²) in [4.78, 5) is 14.5. The first-order chi connectivity index (χ1) is 9.80. The molecule has 1 amide bonds. The Kier molecular flexibility index (Phi) is 4.57. The highest BCUT2D eigenvalue weighted by molar-refractivity contribution is 5.77. The number of benzene rings is 1. The largest absolute Gasteiger partial charge is 0.493 e. The van der Waals surface area contributed by atoms with Gasteiger partial charge in [0.05, 0.1) is 13.0 Å². The summed E-state index contributed by atoms with van der Waals surface area (Å²) in [6.45, 7) is 10.4. The van der Waals surface area contributed by atoms with E-state index < -0.39 is 0 Å². The number of nitrogens with one attached hydrogen (secondary N) is 1. The van der Waals surface area contributed by atoms with E-state index in [1.54, 1.807) is 0 Å². The molecule has 0 radical (unpaired) electrons. The summed E-state index contributed by atoms with van der Waals surface area (Å²) < 4.78 is 5.62. The lowest BCUT2D eigenvalue weighted by atomic mass is 9.91. The number of rotatable bonds is 4. The van der Waals surface area contributed by atoms with Gasteiger partial charge in [0.15, 0.2) is 0 Å². The molecule has 1 N–H and O–H groups in total. The summed E-state index contributed by atoms with van der Waals surface area (Å²) in [5.74, 6) is 0.968. The van der Waals surface area contributed by atoms with Crippen molar-refractivity contribution in [1.29, 1.82) is 0 Å². The van der Waals surface area contributed by atoms with E-state index in [-0.39, 0.29) is 17.0 Å². The van der Waals surface area contributed by atoms with Crippen LogP contribution in [-0.2, 0) is 4.79 Å². The second kappa shape index (κ2) is 6.06. The number of nitrogens with zero attached hydrogens (tertiary/aromatic N) is 1. The van der Waals surface area contributed by atoms with Crippen molar-refractivity contribution in [2.24, 2.45) is 0 Å². The first-order valence-corrected chi connectivity index (χ1v) is 7.54. The number of hydrogen-bond acceptors (Lipinski definition) is 3. The predicted octanol–water partition coefficient (Wildman–Crippen LogP) is 2.44. The molecule has 0 unspecified atom stereocenters. The molecule has 1 aliphatic rings. The van der Waals surface area contributed by atoms with Gasteiger partial charge in [-0.25, -0.2) is 0 Å². The van der Waals surface area contributed by atoms with Crippen LogP contribution in [0.3, 0.4) is 0 Å². The summed E-state index contributed by atoms with van der Waals surface area (Å²) in [7, 11) is 0. The lowest BCUT2D eigenvalue weighted by molar-refractivity contribution is -0.140. The van der Waals surface area contributed by atoms with Crippen molar-refractivity contribution in [3.63, 3.8) is 0 Å². The molecule has 1 saturated heterocycles. The van der Waals surface area contributed by atoms with E-state index in [0.717, 1.165) is 18.8 Å². The Hall–Kier alpha value is -1.55. The van der Waals surface area contributed by atoms with Crippen molar-refractivity contribution < 1.29 is 9.53 Å². The van der Waals surface area contributed by atoms with Crippen LogP contribution in [0.25, 0.3) is 0 Å². The molecule has 0 atom stereocenters. The van der Waals surface area contributed by atoms with Crippen molar-refractivity contribution in [3.8, 4) is 5.75 Å². The summed E-state index contributed by atoms with van der Waals surface area (Å²) in [6.07, 6.45) is 0.411. The highest BCUT2D eigenvalue weighted by Crippen LogP contribution is 2.24. The fourth-order valence-electron chi connectivity index (χ4n) is 2.55. The molecule has 4 heteroatoms. The number of hydrogen-bond donors (Lipinski definition) is 1. The summed E-state index contributed by atoms with van der Waals surface area (Å²) >= 11 is 0. The number of para-hydroxylation sites is 1. The van der Waals surface area contributed by atoms with E-state index in [2.05, 4.69) is 33.0 Å². The van der Waals surface area contributed by atoms with E-state index in [1.807, 2.05) is 35.2 Å². The molecule has 0 aliphatic carbocycles. The van der Waals surface area contributed by atoms with Crippen molar-refractivity contribution in [3.05, 3.63) is 30.3 Å². The zero-order chi connectivity index (χ0) is 15.5. The Labute approximate surface area is 127 Å². The maximum absolute atomic E-state index is 12.5. The number of carbonyl (C=O) groups is 1. The first-order valence-electron chi connectivity index (χ1n) is 7.54. The van der Waals surface area contributed by atoms with Gasteiger partial charge in [0.1, 0.15) is 5.75 Å². The molecular formula is C17H26N2O2. The fourth-order valence-corrected chi connectivity index (χ4v) is 2.55. The Morgan fingerprint density at radius 3 is 2.57 bits per heavy atom. The predicted molar refractivity (Wildman–Crippen MR) is 84.4 cm³/mol. The number of piperazine rings is 1. The molecule has 0 spiro atoms. The maximum atomic E-state index is 12.5. The van der Waals surface area contributed by atoms with Crippen LogP contribution in [-0.4, -0.2) is 41.6 Å². The van der Waals surface area contributed by atoms with Crippen LogP contribution >= 0.6 is 0 Å². The van der Waals surface area contributed by atoms with Gasteiger partial charge in [0.2, 0.25) is 5.91 Å². The Morgan fingerprint density at radius 1 is 1.24 bits per heavy atom. The molecule has 21 heavy (non-hydrogen) atoms. The minimum absolute atomic E-state index is 0.0362. The SMILES string of the molecule is CC1(C)CN(C(=O)CCOc2ccccc2)C(C)(C)CN1. The second-order valence-electron chi connectivity index (χ2n) is 6.94. The zero-order valence-corrected chi connectivity index (χ0v) is 13.5. The molecular weight excluding hydrogens is 264 g/mol. The Morgan fingerprint density at radius 2 is 1.90 bits per heavy atom. The van der Waals surface area contributed by atoms with Crippen LogP contribution in [0.4, 0.5) is 0 Å². The first kappa shape index (κ1) is 15.8. The molecule has 0 bridgehead atoms. The van der Waals surface area contributed by atoms with Crippen molar-refractivity contribution >= 4 is 5.91 Å². The molecule has 0 aromatic heterocycles. The van der Waals surface area contributed by atoms with Crippen molar-refractivity contribution in [2.45, 2.75) is 45.2 Å². The molecule has 1 fully saturated rings. The van der Waals surface area contributed by atoms with Crippen LogP contribution < -0.4 is 10.1 Å². The minimum atomic E-state index is -0.153. The van der Waals surface area contributed by atoms with Crippen LogP contribution in [0.5, 0.6) is 5.75 Å². The van der Waals surface area contributed by atoms with Gasteiger partial charge in [-0.05, 0) is 39.8 Å². The number of carbonyl (C=O) groups excluding carboxylic acids is 1. The third-order valence-electron chi connectivity index (χ3n) is 3.91. The topological polar surface area (TPSA) is 41.6 Å². The smallest absolute Gasteiger partial charge is 0.226 e. The van der Waals surface area contributed by atoms with Gasteiger partial charge in [-0.3, -0.25) is 4.79 Å². The Balaban J connectivity index is 1.89. The summed E-state index contributed by atoms with van der Waals surface area (Å²) in [5, 5.41) is 3.49. The van der Waals surface area contributed by atoms with E-state index in [9.17, 15) is 4.79 Å². The molecule has 1 aromatic carbocycles. The molecule has 1 aromatic rings. The highest BCUT2D eigenvalue weighted by Gasteiger charge is 2.39. The van der Waals surface area contributed by atoms with Crippen molar-refractivity contribution in [1.82, 2.24) is 10.2 Å². The van der Waals surface area contributed by atoms with Gasteiger partial charge in [-0.15, -0.1) is 0 Å². The lowest BCUT2D eigenvalue weighted by Gasteiger charge is -2.49.